The van der Waals surface area contributed by atoms with E-state index in [0.29, 0.717) is 11.8 Å². The number of halogens is 1. The maximum atomic E-state index is 5.52. The fourth-order valence-corrected chi connectivity index (χ4v) is 2.10. The van der Waals surface area contributed by atoms with E-state index in [1.807, 2.05) is 24.3 Å². The molecule has 3 rings (SSSR count). The lowest BCUT2D eigenvalue weighted by atomic mass is 10.1. The van der Waals surface area contributed by atoms with E-state index in [0.717, 1.165) is 16.6 Å². The second kappa shape index (κ2) is 5.36. The predicted molar refractivity (Wildman–Crippen MR) is 73.4 cm³/mol. The van der Waals surface area contributed by atoms with Gasteiger partial charge < -0.3 is 9.57 Å². The molecule has 1 aliphatic heterocycles. The van der Waals surface area contributed by atoms with Gasteiger partial charge in [0.1, 0.15) is 10.4 Å². The van der Waals surface area contributed by atoms with Crippen LogP contribution in [0, 0.1) is 0 Å². The largest absolute Gasteiger partial charge is 0.424 e. The highest BCUT2D eigenvalue weighted by Crippen LogP contribution is 2.30. The maximum absolute atomic E-state index is 5.52. The van der Waals surface area contributed by atoms with Crippen LogP contribution in [0.3, 0.4) is 0 Å². The van der Waals surface area contributed by atoms with Crippen LogP contribution in [0.25, 0.3) is 0 Å². The Hall–Kier alpha value is -1.95. The second-order valence-electron chi connectivity index (χ2n) is 3.97. The summed E-state index contributed by atoms with van der Waals surface area (Å²) in [5.41, 5.74) is 1.06. The van der Waals surface area contributed by atoms with E-state index >= 15 is 0 Å². The molecule has 2 aromatic rings. The van der Waals surface area contributed by atoms with Gasteiger partial charge in [-0.25, -0.2) is 9.97 Å². The van der Waals surface area contributed by atoms with Crippen LogP contribution in [0.4, 0.5) is 0 Å². The van der Waals surface area contributed by atoms with Crippen molar-refractivity contribution < 1.29 is 9.57 Å². The summed E-state index contributed by atoms with van der Waals surface area (Å²) in [5, 5.41) is 3.87. The summed E-state index contributed by atoms with van der Waals surface area (Å²) in [5.74, 6) is 0.688. The Morgan fingerprint density at radius 3 is 2.53 bits per heavy atom. The van der Waals surface area contributed by atoms with Gasteiger partial charge in [0, 0.05) is 18.8 Å². The van der Waals surface area contributed by atoms with Crippen LogP contribution in [0.2, 0.25) is 0 Å². The molecule has 0 bridgehead atoms. The van der Waals surface area contributed by atoms with Gasteiger partial charge in [0.15, 0.2) is 6.10 Å². The highest BCUT2D eigenvalue weighted by molar-refractivity contribution is 9.18. The summed E-state index contributed by atoms with van der Waals surface area (Å²) in [6.45, 7) is 0. The molecule has 6 heteroatoms. The Bertz CT molecular complexity index is 587. The Morgan fingerprint density at radius 2 is 1.89 bits per heavy atom. The summed E-state index contributed by atoms with van der Waals surface area (Å²) < 4.78 is 6.35. The number of hydrogen-bond donors (Lipinski definition) is 0. The van der Waals surface area contributed by atoms with Crippen LogP contribution in [0.5, 0.6) is 11.8 Å². The topological polar surface area (TPSA) is 56.6 Å². The third-order valence-electron chi connectivity index (χ3n) is 2.64. The lowest BCUT2D eigenvalue weighted by Gasteiger charge is -2.09. The van der Waals surface area contributed by atoms with Crippen LogP contribution in [0.1, 0.15) is 18.1 Å². The van der Waals surface area contributed by atoms with Crippen molar-refractivity contribution in [1.82, 2.24) is 9.97 Å². The minimum absolute atomic E-state index is 0.0311. The van der Waals surface area contributed by atoms with Gasteiger partial charge in [-0.3, -0.25) is 0 Å². The number of rotatable bonds is 3. The van der Waals surface area contributed by atoms with Gasteiger partial charge in [-0.1, -0.05) is 17.3 Å². The lowest BCUT2D eigenvalue weighted by molar-refractivity contribution is 0.0857. The van der Waals surface area contributed by atoms with Crippen molar-refractivity contribution >= 4 is 20.6 Å². The van der Waals surface area contributed by atoms with Gasteiger partial charge in [0.2, 0.25) is 0 Å². The number of benzene rings is 1. The number of hydrogen-bond acceptors (Lipinski definition) is 5. The van der Waals surface area contributed by atoms with Gasteiger partial charge in [-0.05, 0) is 39.7 Å². The van der Waals surface area contributed by atoms with Crippen molar-refractivity contribution in [3.8, 4) is 11.8 Å². The number of ether oxygens (including phenoxy) is 1. The van der Waals surface area contributed by atoms with E-state index in [-0.39, 0.29) is 6.10 Å². The first-order valence-corrected chi connectivity index (χ1v) is 6.53. The zero-order valence-corrected chi connectivity index (χ0v) is 11.4. The highest BCUT2D eigenvalue weighted by atomic mass is 79.9. The molecule has 0 unspecified atom stereocenters. The molecule has 1 aromatic carbocycles. The predicted octanol–water partition coefficient (Wildman–Crippen LogP) is 3.44. The second-order valence-corrected chi connectivity index (χ2v) is 4.88. The third-order valence-corrected chi connectivity index (χ3v) is 3.10. The van der Waals surface area contributed by atoms with Gasteiger partial charge in [0.05, 0.1) is 0 Å². The average Bonchev–Trinajstić information content (AvgIpc) is 2.87. The van der Waals surface area contributed by atoms with Crippen LogP contribution in [0.15, 0.2) is 47.9 Å². The molecule has 0 fully saturated rings. The van der Waals surface area contributed by atoms with E-state index in [1.165, 1.54) is 0 Å². The average molecular weight is 320 g/mol. The fourth-order valence-electron chi connectivity index (χ4n) is 1.72. The Kier molecular flexibility index (Phi) is 3.41. The Balaban J connectivity index is 1.69. The minimum Gasteiger partial charge on any atom is -0.424 e. The standard InChI is InChI=1S/C13H10BrN3O2/c14-12-8-11(19-17-12)9-2-4-10(5-3-9)18-13-15-6-1-7-16-13/h1-7,11H,8H2/t11-/m1/s1. The molecule has 0 saturated carbocycles. The molecule has 1 atom stereocenters. The summed E-state index contributed by atoms with van der Waals surface area (Å²) in [4.78, 5) is 13.3. The van der Waals surface area contributed by atoms with Gasteiger partial charge in [0.25, 0.3) is 0 Å². The van der Waals surface area contributed by atoms with Crippen molar-refractivity contribution in [3.63, 3.8) is 0 Å². The van der Waals surface area contributed by atoms with Gasteiger partial charge in [-0.15, -0.1) is 0 Å². The van der Waals surface area contributed by atoms with Crippen LogP contribution >= 0.6 is 15.9 Å². The summed E-state index contributed by atoms with van der Waals surface area (Å²) >= 11 is 3.32. The molecule has 0 radical (unpaired) electrons. The van der Waals surface area contributed by atoms with Crippen molar-refractivity contribution in [2.24, 2.45) is 5.16 Å². The molecule has 2 heterocycles. The van der Waals surface area contributed by atoms with Crippen molar-refractivity contribution in [2.45, 2.75) is 12.5 Å². The highest BCUT2D eigenvalue weighted by Gasteiger charge is 2.21. The van der Waals surface area contributed by atoms with E-state index in [9.17, 15) is 0 Å². The fraction of sp³-hybridized carbons (Fsp3) is 0.154. The molecule has 0 amide bonds. The molecule has 0 saturated heterocycles. The van der Waals surface area contributed by atoms with E-state index in [1.54, 1.807) is 18.5 Å². The Labute approximate surface area is 118 Å². The van der Waals surface area contributed by atoms with Crippen molar-refractivity contribution in [3.05, 3.63) is 48.3 Å². The molecule has 96 valence electrons. The molecule has 0 spiro atoms. The summed E-state index contributed by atoms with van der Waals surface area (Å²) in [6, 6.07) is 9.69. The molecule has 0 aliphatic carbocycles. The number of aromatic nitrogens is 2. The molecule has 1 aliphatic rings. The third kappa shape index (κ3) is 2.90. The zero-order chi connectivity index (χ0) is 13.1. The molecule has 19 heavy (non-hydrogen) atoms. The van der Waals surface area contributed by atoms with Crippen LogP contribution in [-0.4, -0.2) is 14.6 Å². The van der Waals surface area contributed by atoms with E-state index < -0.39 is 0 Å². The van der Waals surface area contributed by atoms with Crippen molar-refractivity contribution in [2.75, 3.05) is 0 Å². The number of nitrogens with zero attached hydrogens (tertiary/aromatic N) is 3. The Morgan fingerprint density at radius 1 is 1.16 bits per heavy atom. The quantitative estimate of drug-likeness (QED) is 0.869. The summed E-state index contributed by atoms with van der Waals surface area (Å²) in [7, 11) is 0. The van der Waals surface area contributed by atoms with E-state index in [2.05, 4.69) is 31.1 Å². The van der Waals surface area contributed by atoms with Crippen molar-refractivity contribution in [1.29, 1.82) is 0 Å². The smallest absolute Gasteiger partial charge is 0.321 e. The SMILES string of the molecule is BrC1=NO[C@@H](c2ccc(Oc3ncccn3)cc2)C1. The molecular formula is C13H10BrN3O2. The lowest BCUT2D eigenvalue weighted by Crippen LogP contribution is -1.97. The molecule has 1 aromatic heterocycles. The monoisotopic (exact) mass is 319 g/mol. The first kappa shape index (κ1) is 12.1. The van der Waals surface area contributed by atoms with Gasteiger partial charge in [-0.2, -0.15) is 0 Å². The van der Waals surface area contributed by atoms with Crippen LogP contribution < -0.4 is 4.74 Å². The zero-order valence-electron chi connectivity index (χ0n) is 9.86. The first-order valence-electron chi connectivity index (χ1n) is 5.74. The minimum atomic E-state index is -0.0311. The maximum Gasteiger partial charge on any atom is 0.321 e. The molecular weight excluding hydrogens is 310 g/mol. The van der Waals surface area contributed by atoms with E-state index in [4.69, 9.17) is 9.57 Å². The summed E-state index contributed by atoms with van der Waals surface area (Å²) in [6.07, 6.45) is 3.99. The molecule has 0 N–H and O–H groups in total. The first-order chi connectivity index (χ1) is 9.31. The number of oxime groups is 1. The normalized spacial score (nSPS) is 17.7. The molecule has 5 nitrogen and oxygen atoms in total. The van der Waals surface area contributed by atoms with Gasteiger partial charge >= 0.3 is 6.01 Å². The van der Waals surface area contributed by atoms with Crippen LogP contribution in [-0.2, 0) is 4.84 Å².